The molecule has 0 radical (unpaired) electrons. The first-order valence-electron chi connectivity index (χ1n) is 9.16. The van der Waals surface area contributed by atoms with E-state index in [9.17, 15) is 14.4 Å². The molecule has 0 saturated carbocycles. The molecule has 31 heavy (non-hydrogen) atoms. The number of rotatable bonds is 5. The van der Waals surface area contributed by atoms with Crippen molar-refractivity contribution in [3.05, 3.63) is 97.4 Å². The molecule has 8 nitrogen and oxygen atoms in total. The molecule has 2 heterocycles. The van der Waals surface area contributed by atoms with Crippen molar-refractivity contribution in [1.29, 1.82) is 0 Å². The van der Waals surface area contributed by atoms with E-state index in [4.69, 9.17) is 23.2 Å². The van der Waals surface area contributed by atoms with Crippen LogP contribution in [0.4, 0.5) is 5.69 Å². The molecule has 0 unspecified atom stereocenters. The molecule has 0 aliphatic carbocycles. The lowest BCUT2D eigenvalue weighted by molar-refractivity contribution is -0.116. The van der Waals surface area contributed by atoms with Crippen LogP contribution in [-0.4, -0.2) is 25.0 Å². The van der Waals surface area contributed by atoms with Crippen LogP contribution in [0.2, 0.25) is 10.0 Å². The van der Waals surface area contributed by atoms with E-state index in [1.807, 2.05) is 0 Å². The maximum absolute atomic E-state index is 13.1. The lowest BCUT2D eigenvalue weighted by Gasteiger charge is -2.13. The van der Waals surface area contributed by atoms with Gasteiger partial charge in [0.15, 0.2) is 11.2 Å². The number of halogens is 2. The van der Waals surface area contributed by atoms with Crippen molar-refractivity contribution in [3.8, 4) is 0 Å². The third-order valence-corrected chi connectivity index (χ3v) is 5.00. The van der Waals surface area contributed by atoms with Crippen molar-refractivity contribution in [2.24, 2.45) is 0 Å². The highest BCUT2D eigenvalue weighted by atomic mass is 35.5. The number of nitrogens with one attached hydrogen (secondary N) is 1. The molecule has 0 bridgehead atoms. The Morgan fingerprint density at radius 2 is 1.68 bits per heavy atom. The second-order valence-electron chi connectivity index (χ2n) is 6.67. The van der Waals surface area contributed by atoms with Crippen LogP contribution in [0, 0.1) is 0 Å². The molecule has 156 valence electrons. The second-order valence-corrected chi connectivity index (χ2v) is 7.55. The number of fused-ring (bicyclic) bond motifs is 1. The van der Waals surface area contributed by atoms with Gasteiger partial charge in [0.05, 0.1) is 6.54 Å². The van der Waals surface area contributed by atoms with Crippen LogP contribution in [0.1, 0.15) is 5.56 Å². The highest BCUT2D eigenvalue weighted by Crippen LogP contribution is 2.15. The minimum absolute atomic E-state index is 0.00272. The maximum atomic E-state index is 13.1. The minimum Gasteiger partial charge on any atom is -0.324 e. The minimum atomic E-state index is -0.672. The standard InChI is InChI=1S/C21H15Cl2N5O3/c22-14-6-4-13(5-7-14)11-28-20(30)18-19(25-9-8-24-18)27(21(28)31)12-17(29)26-16-3-1-2-15(23)10-16/h1-10H,11-12H2,(H,26,29). The zero-order valence-electron chi connectivity index (χ0n) is 16.0. The van der Waals surface area contributed by atoms with Gasteiger partial charge in [0, 0.05) is 28.1 Å². The molecule has 0 aliphatic heterocycles. The second kappa shape index (κ2) is 8.71. The van der Waals surface area contributed by atoms with Crippen molar-refractivity contribution in [2.75, 3.05) is 5.32 Å². The topological polar surface area (TPSA) is 98.9 Å². The Morgan fingerprint density at radius 1 is 0.935 bits per heavy atom. The predicted octanol–water partition coefficient (Wildman–Crippen LogP) is 2.95. The Balaban J connectivity index is 1.75. The zero-order valence-corrected chi connectivity index (χ0v) is 17.5. The van der Waals surface area contributed by atoms with Crippen molar-refractivity contribution < 1.29 is 4.79 Å². The smallest absolute Gasteiger partial charge is 0.324 e. The number of anilines is 1. The van der Waals surface area contributed by atoms with Crippen molar-refractivity contribution in [3.63, 3.8) is 0 Å². The summed E-state index contributed by atoms with van der Waals surface area (Å²) >= 11 is 11.9. The summed E-state index contributed by atoms with van der Waals surface area (Å²) in [6, 6.07) is 13.4. The van der Waals surface area contributed by atoms with Gasteiger partial charge >= 0.3 is 5.69 Å². The Morgan fingerprint density at radius 3 is 2.42 bits per heavy atom. The number of hydrogen-bond donors (Lipinski definition) is 1. The number of benzene rings is 2. The number of amides is 1. The van der Waals surface area contributed by atoms with Crippen LogP contribution in [0.3, 0.4) is 0 Å². The molecule has 10 heteroatoms. The quantitative estimate of drug-likeness (QED) is 0.498. The summed E-state index contributed by atoms with van der Waals surface area (Å²) in [5.41, 5.74) is -0.0568. The van der Waals surface area contributed by atoms with E-state index < -0.39 is 17.2 Å². The maximum Gasteiger partial charge on any atom is 0.333 e. The van der Waals surface area contributed by atoms with Crippen LogP contribution in [0.5, 0.6) is 0 Å². The van der Waals surface area contributed by atoms with Gasteiger partial charge in [-0.3, -0.25) is 18.7 Å². The van der Waals surface area contributed by atoms with Crippen molar-refractivity contribution in [2.45, 2.75) is 13.1 Å². The molecular formula is C21H15Cl2N5O3. The number of aromatic nitrogens is 4. The summed E-state index contributed by atoms with van der Waals surface area (Å²) in [5, 5.41) is 3.68. The molecule has 0 saturated heterocycles. The molecule has 0 spiro atoms. The van der Waals surface area contributed by atoms with Gasteiger partial charge in [0.2, 0.25) is 5.91 Å². The molecule has 2 aromatic carbocycles. The van der Waals surface area contributed by atoms with E-state index >= 15 is 0 Å². The Bertz CT molecular complexity index is 1400. The van der Waals surface area contributed by atoms with E-state index in [1.54, 1.807) is 48.5 Å². The molecular weight excluding hydrogens is 441 g/mol. The molecule has 0 atom stereocenters. The fourth-order valence-electron chi connectivity index (χ4n) is 3.09. The lowest BCUT2D eigenvalue weighted by Crippen LogP contribution is -2.42. The summed E-state index contributed by atoms with van der Waals surface area (Å²) in [6.45, 7) is -0.362. The number of carbonyl (C=O) groups is 1. The molecule has 1 N–H and O–H groups in total. The molecule has 4 aromatic rings. The Hall–Kier alpha value is -3.49. The predicted molar refractivity (Wildman–Crippen MR) is 119 cm³/mol. The Labute approximate surface area is 185 Å². The fraction of sp³-hybridized carbons (Fsp3) is 0.0952. The van der Waals surface area contributed by atoms with Gasteiger partial charge in [-0.2, -0.15) is 0 Å². The van der Waals surface area contributed by atoms with Crippen LogP contribution >= 0.6 is 23.2 Å². The SMILES string of the molecule is O=C(Cn1c(=O)n(Cc2ccc(Cl)cc2)c(=O)c2nccnc21)Nc1cccc(Cl)c1. The van der Waals surface area contributed by atoms with Gasteiger partial charge in [0.25, 0.3) is 5.56 Å². The van der Waals surface area contributed by atoms with Crippen LogP contribution in [0.25, 0.3) is 11.2 Å². The van der Waals surface area contributed by atoms with Crippen molar-refractivity contribution in [1.82, 2.24) is 19.1 Å². The fourth-order valence-corrected chi connectivity index (χ4v) is 3.41. The Kier molecular flexibility index (Phi) is 5.83. The molecule has 4 rings (SSSR count). The van der Waals surface area contributed by atoms with Crippen LogP contribution in [0.15, 0.2) is 70.5 Å². The average molecular weight is 456 g/mol. The summed E-state index contributed by atoms with van der Waals surface area (Å²) in [7, 11) is 0. The molecule has 0 fully saturated rings. The molecule has 2 aromatic heterocycles. The van der Waals surface area contributed by atoms with Gasteiger partial charge in [-0.1, -0.05) is 41.4 Å². The van der Waals surface area contributed by atoms with Gasteiger partial charge in [-0.05, 0) is 35.9 Å². The number of nitrogens with zero attached hydrogens (tertiary/aromatic N) is 4. The summed E-state index contributed by atoms with van der Waals surface area (Å²) in [4.78, 5) is 46.8. The first kappa shape index (κ1) is 20.8. The van der Waals surface area contributed by atoms with Gasteiger partial charge < -0.3 is 5.32 Å². The van der Waals surface area contributed by atoms with Gasteiger partial charge in [-0.25, -0.2) is 14.8 Å². The van der Waals surface area contributed by atoms with E-state index in [-0.39, 0.29) is 24.3 Å². The summed E-state index contributed by atoms with van der Waals surface area (Å²) in [5.74, 6) is -0.479. The van der Waals surface area contributed by atoms with E-state index in [0.29, 0.717) is 21.3 Å². The van der Waals surface area contributed by atoms with Crippen molar-refractivity contribution >= 4 is 46.0 Å². The number of carbonyl (C=O) groups excluding carboxylic acids is 1. The normalized spacial score (nSPS) is 10.9. The highest BCUT2D eigenvalue weighted by molar-refractivity contribution is 6.31. The van der Waals surface area contributed by atoms with E-state index in [1.165, 1.54) is 12.4 Å². The van der Waals surface area contributed by atoms with Crippen LogP contribution in [-0.2, 0) is 17.9 Å². The third-order valence-electron chi connectivity index (χ3n) is 4.51. The lowest BCUT2D eigenvalue weighted by atomic mass is 10.2. The zero-order chi connectivity index (χ0) is 22.0. The van der Waals surface area contributed by atoms with Gasteiger partial charge in [0.1, 0.15) is 6.54 Å². The average Bonchev–Trinajstić information content (AvgIpc) is 2.75. The van der Waals surface area contributed by atoms with E-state index in [0.717, 1.165) is 9.13 Å². The third kappa shape index (κ3) is 4.50. The number of hydrogen-bond acceptors (Lipinski definition) is 5. The molecule has 1 amide bonds. The highest BCUT2D eigenvalue weighted by Gasteiger charge is 2.17. The first-order valence-corrected chi connectivity index (χ1v) is 9.92. The summed E-state index contributed by atoms with van der Waals surface area (Å²) < 4.78 is 2.15. The van der Waals surface area contributed by atoms with Gasteiger partial charge in [-0.15, -0.1) is 0 Å². The van der Waals surface area contributed by atoms with E-state index in [2.05, 4.69) is 15.3 Å². The largest absolute Gasteiger partial charge is 0.333 e. The van der Waals surface area contributed by atoms with Crippen LogP contribution < -0.4 is 16.6 Å². The molecule has 0 aliphatic rings. The first-order chi connectivity index (χ1) is 14.9. The summed E-state index contributed by atoms with van der Waals surface area (Å²) in [6.07, 6.45) is 2.72. The monoisotopic (exact) mass is 455 g/mol.